The summed E-state index contributed by atoms with van der Waals surface area (Å²) in [5, 5.41) is 0. The highest BCUT2D eigenvalue weighted by Crippen LogP contribution is 2.22. The zero-order valence-electron chi connectivity index (χ0n) is 15.8. The van der Waals surface area contributed by atoms with Crippen molar-refractivity contribution in [2.45, 2.75) is 18.9 Å². The second-order valence-electron chi connectivity index (χ2n) is 6.91. The van der Waals surface area contributed by atoms with E-state index in [1.807, 2.05) is 0 Å². The largest absolute Gasteiger partial charge is 0.491 e. The van der Waals surface area contributed by atoms with Crippen molar-refractivity contribution < 1.29 is 28.6 Å². The molecule has 150 valence electrons. The van der Waals surface area contributed by atoms with E-state index in [1.54, 1.807) is 48.5 Å². The number of benzene rings is 2. The Morgan fingerprint density at radius 2 is 1.72 bits per heavy atom. The highest BCUT2D eigenvalue weighted by Gasteiger charge is 2.34. The number of hydrogen-bond donors (Lipinski definition) is 0. The lowest BCUT2D eigenvalue weighted by atomic mass is 10.1. The van der Waals surface area contributed by atoms with E-state index in [-0.39, 0.29) is 31.1 Å². The molecule has 0 unspecified atom stereocenters. The van der Waals surface area contributed by atoms with Gasteiger partial charge in [-0.25, -0.2) is 4.79 Å². The standard InChI is InChI=1S/C22H21NO6/c24-20-18-5-1-2-6-19(18)21(25)23(20)11-13-28-22(26)15-7-9-16(10-8-15)29-14-17-4-3-12-27-17/h1-2,5-10,17H,3-4,11-14H2/t17-/m1/s1. The molecular formula is C22H21NO6. The number of nitrogens with zero attached hydrogens (tertiary/aromatic N) is 1. The van der Waals surface area contributed by atoms with Gasteiger partial charge in [0.15, 0.2) is 0 Å². The quantitative estimate of drug-likeness (QED) is 0.530. The highest BCUT2D eigenvalue weighted by molar-refractivity contribution is 6.21. The minimum Gasteiger partial charge on any atom is -0.491 e. The maximum atomic E-state index is 12.3. The molecule has 0 aliphatic carbocycles. The van der Waals surface area contributed by atoms with E-state index in [0.29, 0.717) is 29.0 Å². The Morgan fingerprint density at radius 3 is 2.34 bits per heavy atom. The molecule has 1 saturated heterocycles. The summed E-state index contributed by atoms with van der Waals surface area (Å²) in [5.74, 6) is -0.598. The molecule has 29 heavy (non-hydrogen) atoms. The number of carbonyl (C=O) groups excluding carboxylic acids is 3. The third kappa shape index (κ3) is 4.14. The van der Waals surface area contributed by atoms with Crippen LogP contribution in [0.4, 0.5) is 0 Å². The number of esters is 1. The first-order valence-corrected chi connectivity index (χ1v) is 9.60. The lowest BCUT2D eigenvalue weighted by Crippen LogP contribution is -2.33. The molecule has 4 rings (SSSR count). The van der Waals surface area contributed by atoms with E-state index in [4.69, 9.17) is 14.2 Å². The molecule has 7 heteroatoms. The van der Waals surface area contributed by atoms with Crippen LogP contribution in [0, 0.1) is 0 Å². The van der Waals surface area contributed by atoms with Crippen LogP contribution in [0.1, 0.15) is 43.9 Å². The zero-order valence-corrected chi connectivity index (χ0v) is 15.8. The van der Waals surface area contributed by atoms with Crippen molar-refractivity contribution in [3.05, 3.63) is 65.2 Å². The lowest BCUT2D eigenvalue weighted by molar-refractivity contribution is 0.0420. The third-order valence-electron chi connectivity index (χ3n) is 4.98. The fraction of sp³-hybridized carbons (Fsp3) is 0.318. The Balaban J connectivity index is 1.26. The zero-order chi connectivity index (χ0) is 20.2. The SMILES string of the molecule is O=C(OCCN1C(=O)c2ccccc2C1=O)c1ccc(OC[C@H]2CCCO2)cc1. The number of fused-ring (bicyclic) bond motifs is 1. The fourth-order valence-corrected chi connectivity index (χ4v) is 3.41. The normalized spacial score (nSPS) is 18.1. The van der Waals surface area contributed by atoms with Gasteiger partial charge in [0, 0.05) is 6.61 Å². The average molecular weight is 395 g/mol. The van der Waals surface area contributed by atoms with E-state index >= 15 is 0 Å². The summed E-state index contributed by atoms with van der Waals surface area (Å²) in [6.45, 7) is 1.21. The first kappa shape index (κ1) is 19.1. The molecule has 0 bridgehead atoms. The fourth-order valence-electron chi connectivity index (χ4n) is 3.41. The molecule has 1 atom stereocenters. The second-order valence-corrected chi connectivity index (χ2v) is 6.91. The predicted molar refractivity (Wildman–Crippen MR) is 103 cm³/mol. The van der Waals surface area contributed by atoms with Crippen LogP contribution in [0.2, 0.25) is 0 Å². The molecule has 0 aromatic heterocycles. The molecule has 1 fully saturated rings. The van der Waals surface area contributed by atoms with E-state index in [2.05, 4.69) is 0 Å². The smallest absolute Gasteiger partial charge is 0.338 e. The van der Waals surface area contributed by atoms with Gasteiger partial charge < -0.3 is 14.2 Å². The number of imide groups is 1. The first-order chi connectivity index (χ1) is 14.1. The molecule has 0 radical (unpaired) electrons. The van der Waals surface area contributed by atoms with Crippen molar-refractivity contribution >= 4 is 17.8 Å². The van der Waals surface area contributed by atoms with Gasteiger partial charge in [0.2, 0.25) is 0 Å². The predicted octanol–water partition coefficient (Wildman–Crippen LogP) is 2.70. The van der Waals surface area contributed by atoms with Crippen LogP contribution in [-0.4, -0.2) is 55.2 Å². The van der Waals surface area contributed by atoms with Crippen LogP contribution in [0.25, 0.3) is 0 Å². The molecule has 7 nitrogen and oxygen atoms in total. The Bertz CT molecular complexity index is 882. The van der Waals surface area contributed by atoms with Crippen LogP contribution in [0.5, 0.6) is 5.75 Å². The Labute approximate surface area is 168 Å². The van der Waals surface area contributed by atoms with Gasteiger partial charge in [-0.1, -0.05) is 12.1 Å². The summed E-state index contributed by atoms with van der Waals surface area (Å²) in [6.07, 6.45) is 2.18. The van der Waals surface area contributed by atoms with Gasteiger partial charge in [0.25, 0.3) is 11.8 Å². The maximum Gasteiger partial charge on any atom is 0.338 e. The highest BCUT2D eigenvalue weighted by atomic mass is 16.5. The summed E-state index contributed by atoms with van der Waals surface area (Å²) in [6, 6.07) is 13.3. The van der Waals surface area contributed by atoms with Gasteiger partial charge in [-0.3, -0.25) is 14.5 Å². The monoisotopic (exact) mass is 395 g/mol. The minimum absolute atomic E-state index is 0.0146. The summed E-state index contributed by atoms with van der Waals surface area (Å²) >= 11 is 0. The summed E-state index contributed by atoms with van der Waals surface area (Å²) in [7, 11) is 0. The molecule has 0 spiro atoms. The van der Waals surface area contributed by atoms with Gasteiger partial charge >= 0.3 is 5.97 Å². The van der Waals surface area contributed by atoms with Gasteiger partial charge in [0.1, 0.15) is 19.0 Å². The summed E-state index contributed by atoms with van der Waals surface area (Å²) in [5.41, 5.74) is 1.13. The summed E-state index contributed by atoms with van der Waals surface area (Å²) < 4.78 is 16.4. The molecule has 2 heterocycles. The summed E-state index contributed by atoms with van der Waals surface area (Å²) in [4.78, 5) is 37.9. The minimum atomic E-state index is -0.521. The number of carbonyl (C=O) groups is 3. The van der Waals surface area contributed by atoms with Crippen molar-refractivity contribution in [3.8, 4) is 5.75 Å². The van der Waals surface area contributed by atoms with Crippen LogP contribution >= 0.6 is 0 Å². The van der Waals surface area contributed by atoms with Gasteiger partial charge in [-0.05, 0) is 49.2 Å². The van der Waals surface area contributed by atoms with Crippen molar-refractivity contribution in [1.29, 1.82) is 0 Å². The Morgan fingerprint density at radius 1 is 1.03 bits per heavy atom. The maximum absolute atomic E-state index is 12.3. The molecular weight excluding hydrogens is 374 g/mol. The Hall–Kier alpha value is -3.19. The van der Waals surface area contributed by atoms with E-state index in [9.17, 15) is 14.4 Å². The Kier molecular flexibility index (Phi) is 5.57. The number of rotatable bonds is 7. The van der Waals surface area contributed by atoms with E-state index in [0.717, 1.165) is 24.3 Å². The van der Waals surface area contributed by atoms with Crippen LogP contribution < -0.4 is 4.74 Å². The molecule has 2 aliphatic heterocycles. The lowest BCUT2D eigenvalue weighted by Gasteiger charge is -2.14. The molecule has 2 aromatic carbocycles. The molecule has 0 N–H and O–H groups in total. The van der Waals surface area contributed by atoms with Crippen molar-refractivity contribution in [2.24, 2.45) is 0 Å². The third-order valence-corrected chi connectivity index (χ3v) is 4.98. The van der Waals surface area contributed by atoms with Crippen LogP contribution in [0.15, 0.2) is 48.5 Å². The van der Waals surface area contributed by atoms with Gasteiger partial charge in [0.05, 0.1) is 29.3 Å². The molecule has 2 aliphatic rings. The van der Waals surface area contributed by atoms with Gasteiger partial charge in [-0.2, -0.15) is 0 Å². The van der Waals surface area contributed by atoms with Crippen molar-refractivity contribution in [1.82, 2.24) is 4.90 Å². The van der Waals surface area contributed by atoms with E-state index in [1.165, 1.54) is 0 Å². The number of ether oxygens (including phenoxy) is 3. The number of amides is 2. The van der Waals surface area contributed by atoms with Crippen LogP contribution in [-0.2, 0) is 9.47 Å². The van der Waals surface area contributed by atoms with Crippen LogP contribution in [0.3, 0.4) is 0 Å². The molecule has 2 amide bonds. The second kappa shape index (κ2) is 8.45. The van der Waals surface area contributed by atoms with Crippen molar-refractivity contribution in [2.75, 3.05) is 26.4 Å². The topological polar surface area (TPSA) is 82.1 Å². The van der Waals surface area contributed by atoms with Gasteiger partial charge in [-0.15, -0.1) is 0 Å². The first-order valence-electron chi connectivity index (χ1n) is 9.60. The van der Waals surface area contributed by atoms with E-state index < -0.39 is 5.97 Å². The molecule has 0 saturated carbocycles. The number of hydrogen-bond acceptors (Lipinski definition) is 6. The average Bonchev–Trinajstić information content (AvgIpc) is 3.35. The molecule has 2 aromatic rings. The van der Waals surface area contributed by atoms with Crippen molar-refractivity contribution in [3.63, 3.8) is 0 Å².